The third-order valence-electron chi connectivity index (χ3n) is 4.66. The molecule has 4 rings (SSSR count). The van der Waals surface area contributed by atoms with Crippen LogP contribution in [0.1, 0.15) is 22.0 Å². The molecular weight excluding hydrogens is 375 g/mol. The third-order valence-corrected chi connectivity index (χ3v) is 4.66. The minimum Gasteiger partial charge on any atom is -0.378 e. The number of amides is 1. The summed E-state index contributed by atoms with van der Waals surface area (Å²) < 4.78 is 20.0. The molecule has 150 valence electrons. The zero-order valence-electron chi connectivity index (χ0n) is 16.0. The molecular formula is C20H21FN6O2. The summed E-state index contributed by atoms with van der Waals surface area (Å²) in [7, 11) is 0. The van der Waals surface area contributed by atoms with E-state index in [1.807, 2.05) is 12.1 Å². The second kappa shape index (κ2) is 8.36. The average molecular weight is 396 g/mol. The number of carbonyl (C=O) groups is 1. The summed E-state index contributed by atoms with van der Waals surface area (Å²) >= 11 is 0. The first-order chi connectivity index (χ1) is 14.1. The second-order valence-corrected chi connectivity index (χ2v) is 6.64. The Morgan fingerprint density at radius 2 is 1.97 bits per heavy atom. The maximum absolute atomic E-state index is 13.1. The lowest BCUT2D eigenvalue weighted by Gasteiger charge is -2.29. The van der Waals surface area contributed by atoms with E-state index in [2.05, 4.69) is 25.3 Å². The number of nitrogens with zero attached hydrogens (tertiary/aromatic N) is 5. The minimum absolute atomic E-state index is 0.0589. The van der Waals surface area contributed by atoms with Crippen LogP contribution in [0, 0.1) is 12.7 Å². The number of hydrogen-bond acceptors (Lipinski definition) is 6. The Hall–Kier alpha value is -3.33. The van der Waals surface area contributed by atoms with Gasteiger partial charge >= 0.3 is 0 Å². The molecule has 0 saturated carbocycles. The summed E-state index contributed by atoms with van der Waals surface area (Å²) in [5.74, 6) is 0.723. The summed E-state index contributed by atoms with van der Waals surface area (Å²) in [6.45, 7) is 4.90. The normalized spacial score (nSPS) is 14.1. The van der Waals surface area contributed by atoms with Crippen LogP contribution in [0.2, 0.25) is 0 Å². The predicted molar refractivity (Wildman–Crippen MR) is 104 cm³/mol. The van der Waals surface area contributed by atoms with Crippen molar-refractivity contribution >= 4 is 11.7 Å². The Bertz CT molecular complexity index is 998. The van der Waals surface area contributed by atoms with Gasteiger partial charge in [0.2, 0.25) is 5.82 Å². The molecule has 29 heavy (non-hydrogen) atoms. The lowest BCUT2D eigenvalue weighted by atomic mass is 10.2. The second-order valence-electron chi connectivity index (χ2n) is 6.64. The fourth-order valence-corrected chi connectivity index (χ4v) is 3.20. The van der Waals surface area contributed by atoms with E-state index >= 15 is 0 Å². The van der Waals surface area contributed by atoms with Gasteiger partial charge in [-0.05, 0) is 37.3 Å². The van der Waals surface area contributed by atoms with Gasteiger partial charge < -0.3 is 15.0 Å². The van der Waals surface area contributed by atoms with E-state index in [-0.39, 0.29) is 17.5 Å². The van der Waals surface area contributed by atoms with Crippen molar-refractivity contribution in [1.82, 2.24) is 25.1 Å². The summed E-state index contributed by atoms with van der Waals surface area (Å²) in [6.07, 6.45) is 1.74. The van der Waals surface area contributed by atoms with Crippen LogP contribution in [-0.4, -0.2) is 52.0 Å². The largest absolute Gasteiger partial charge is 0.378 e. The smallest absolute Gasteiger partial charge is 0.291 e. The Morgan fingerprint density at radius 3 is 2.72 bits per heavy atom. The molecule has 0 unspecified atom stereocenters. The highest BCUT2D eigenvalue weighted by molar-refractivity contribution is 5.90. The van der Waals surface area contributed by atoms with Gasteiger partial charge in [0.15, 0.2) is 0 Å². The van der Waals surface area contributed by atoms with Crippen LogP contribution in [0.5, 0.6) is 0 Å². The van der Waals surface area contributed by atoms with Crippen LogP contribution >= 0.6 is 0 Å². The maximum Gasteiger partial charge on any atom is 0.291 e. The number of nitrogens with one attached hydrogen (secondary N) is 1. The van der Waals surface area contributed by atoms with Crippen LogP contribution in [0.15, 0.2) is 42.6 Å². The molecule has 0 radical (unpaired) electrons. The van der Waals surface area contributed by atoms with Gasteiger partial charge in [0.25, 0.3) is 5.91 Å². The average Bonchev–Trinajstić information content (AvgIpc) is 3.15. The van der Waals surface area contributed by atoms with Crippen LogP contribution in [0.4, 0.5) is 10.2 Å². The molecule has 1 aliphatic rings. The number of carbonyl (C=O) groups excluding carboxylic acids is 1. The van der Waals surface area contributed by atoms with E-state index in [1.54, 1.807) is 25.3 Å². The van der Waals surface area contributed by atoms with Crippen molar-refractivity contribution in [1.29, 1.82) is 0 Å². The fraction of sp³-hybridized carbons (Fsp3) is 0.300. The van der Waals surface area contributed by atoms with Gasteiger partial charge in [-0.25, -0.2) is 19.0 Å². The van der Waals surface area contributed by atoms with Gasteiger partial charge in [-0.3, -0.25) is 4.79 Å². The molecule has 2 aromatic heterocycles. The highest BCUT2D eigenvalue weighted by Crippen LogP contribution is 2.18. The molecule has 3 aromatic rings. The van der Waals surface area contributed by atoms with Crippen LogP contribution in [-0.2, 0) is 11.3 Å². The quantitative estimate of drug-likeness (QED) is 0.709. The maximum atomic E-state index is 13.1. The topological polar surface area (TPSA) is 85.2 Å². The summed E-state index contributed by atoms with van der Waals surface area (Å²) in [4.78, 5) is 23.5. The molecule has 1 fully saturated rings. The van der Waals surface area contributed by atoms with Crippen LogP contribution in [0.25, 0.3) is 5.69 Å². The van der Waals surface area contributed by atoms with Gasteiger partial charge in [-0.15, -0.1) is 5.10 Å². The van der Waals surface area contributed by atoms with Crippen molar-refractivity contribution in [3.8, 4) is 5.69 Å². The summed E-state index contributed by atoms with van der Waals surface area (Å²) in [5, 5.41) is 7.12. The number of aromatic nitrogens is 4. The zero-order chi connectivity index (χ0) is 20.2. The van der Waals surface area contributed by atoms with Crippen LogP contribution in [0.3, 0.4) is 0 Å². The first kappa shape index (κ1) is 19.0. The molecule has 0 bridgehead atoms. The molecule has 0 aliphatic carbocycles. The molecule has 0 spiro atoms. The number of ether oxygens (including phenoxy) is 1. The molecule has 1 N–H and O–H groups in total. The lowest BCUT2D eigenvalue weighted by molar-refractivity contribution is 0.0940. The van der Waals surface area contributed by atoms with Gasteiger partial charge in [-0.1, -0.05) is 6.07 Å². The minimum atomic E-state index is -0.384. The van der Waals surface area contributed by atoms with E-state index < -0.39 is 0 Å². The number of hydrogen-bond donors (Lipinski definition) is 1. The highest BCUT2D eigenvalue weighted by atomic mass is 19.1. The van der Waals surface area contributed by atoms with Crippen LogP contribution < -0.4 is 10.2 Å². The first-order valence-corrected chi connectivity index (χ1v) is 9.36. The summed E-state index contributed by atoms with van der Waals surface area (Å²) in [6, 6.07) is 9.63. The lowest BCUT2D eigenvalue weighted by Crippen LogP contribution is -2.38. The van der Waals surface area contributed by atoms with E-state index in [1.165, 1.54) is 16.8 Å². The number of halogens is 1. The number of anilines is 1. The van der Waals surface area contributed by atoms with Gasteiger partial charge in [0.05, 0.1) is 18.9 Å². The molecule has 9 heteroatoms. The Labute approximate surface area is 167 Å². The van der Waals surface area contributed by atoms with Crippen molar-refractivity contribution in [3.05, 3.63) is 65.6 Å². The zero-order valence-corrected chi connectivity index (χ0v) is 16.0. The molecule has 8 nitrogen and oxygen atoms in total. The SMILES string of the molecule is Cc1nc(C(=O)NCc2cccnc2N2CCOCC2)nn1-c1ccc(F)cc1. The molecule has 1 amide bonds. The monoisotopic (exact) mass is 396 g/mol. The van der Waals surface area contributed by atoms with Gasteiger partial charge in [0, 0.05) is 31.4 Å². The first-order valence-electron chi connectivity index (χ1n) is 9.36. The van der Waals surface area contributed by atoms with E-state index in [4.69, 9.17) is 4.74 Å². The molecule has 1 aromatic carbocycles. The Morgan fingerprint density at radius 1 is 1.21 bits per heavy atom. The van der Waals surface area contributed by atoms with Crippen molar-refractivity contribution in [2.75, 3.05) is 31.2 Å². The number of morpholine rings is 1. The van der Waals surface area contributed by atoms with Crippen molar-refractivity contribution in [3.63, 3.8) is 0 Å². The molecule has 3 heterocycles. The number of aryl methyl sites for hydroxylation is 1. The number of benzene rings is 1. The van der Waals surface area contributed by atoms with Gasteiger partial charge in [0.1, 0.15) is 17.5 Å². The molecule has 1 aliphatic heterocycles. The van der Waals surface area contributed by atoms with Gasteiger partial charge in [-0.2, -0.15) is 0 Å². The third kappa shape index (κ3) is 4.24. The van der Waals surface area contributed by atoms with E-state index in [0.29, 0.717) is 31.3 Å². The van der Waals surface area contributed by atoms with Crippen molar-refractivity contribution in [2.45, 2.75) is 13.5 Å². The number of pyridine rings is 1. The molecule has 0 atom stereocenters. The van der Waals surface area contributed by atoms with Crippen molar-refractivity contribution < 1.29 is 13.9 Å². The predicted octanol–water partition coefficient (Wildman–Crippen LogP) is 1.88. The summed E-state index contributed by atoms with van der Waals surface area (Å²) in [5.41, 5.74) is 1.55. The Kier molecular flexibility index (Phi) is 5.48. The Balaban J connectivity index is 1.47. The van der Waals surface area contributed by atoms with E-state index in [9.17, 15) is 9.18 Å². The molecule has 1 saturated heterocycles. The number of rotatable bonds is 5. The van der Waals surface area contributed by atoms with Crippen molar-refractivity contribution in [2.24, 2.45) is 0 Å². The highest BCUT2D eigenvalue weighted by Gasteiger charge is 2.18. The fourth-order valence-electron chi connectivity index (χ4n) is 3.20. The standard InChI is InChI=1S/C20H21FN6O2/c1-14-24-18(25-27(14)17-6-4-16(21)5-7-17)20(28)23-13-15-3-2-8-22-19(15)26-9-11-29-12-10-26/h2-8H,9-13H2,1H3,(H,23,28). The van der Waals surface area contributed by atoms with E-state index in [0.717, 1.165) is 24.5 Å².